The predicted molar refractivity (Wildman–Crippen MR) is 96.3 cm³/mol. The van der Waals surface area contributed by atoms with Crippen molar-refractivity contribution in [2.24, 2.45) is 0 Å². The van der Waals surface area contributed by atoms with Gasteiger partial charge in [0.2, 0.25) is 0 Å². The molecule has 2 N–H and O–H groups in total. The van der Waals surface area contributed by atoms with Gasteiger partial charge < -0.3 is 19.7 Å². The van der Waals surface area contributed by atoms with E-state index < -0.39 is 9.84 Å². The Morgan fingerprint density at radius 3 is 1.36 bits per heavy atom. The van der Waals surface area contributed by atoms with Crippen LogP contribution in [0.25, 0.3) is 0 Å². The Labute approximate surface area is 151 Å². The lowest BCUT2D eigenvalue weighted by Crippen LogP contribution is -2.39. The number of ether oxygens (including phenoxy) is 2. The number of hydrogen-bond donors (Lipinski definition) is 2. The standard InChI is InChI=1S/C18H34O6S/c19-11-1-13-23-15-3-7-17(8-4-15)25(21,22)18-9-5-16(6-10-18)24-14-2-12-20/h15-20H,1-14H2. The van der Waals surface area contributed by atoms with Crippen molar-refractivity contribution < 1.29 is 28.1 Å². The third-order valence-corrected chi connectivity index (χ3v) is 8.28. The van der Waals surface area contributed by atoms with Gasteiger partial charge >= 0.3 is 0 Å². The van der Waals surface area contributed by atoms with Crippen molar-refractivity contribution in [3.63, 3.8) is 0 Å². The third-order valence-electron chi connectivity index (χ3n) is 5.48. The summed E-state index contributed by atoms with van der Waals surface area (Å²) in [5.74, 6) is 0. The molecule has 0 aliphatic heterocycles. The minimum absolute atomic E-state index is 0.135. The molecule has 2 rings (SSSR count). The Morgan fingerprint density at radius 1 is 0.680 bits per heavy atom. The van der Waals surface area contributed by atoms with Crippen LogP contribution in [-0.2, 0) is 19.3 Å². The number of rotatable bonds is 10. The maximum Gasteiger partial charge on any atom is 0.156 e. The van der Waals surface area contributed by atoms with Gasteiger partial charge in [0.15, 0.2) is 9.84 Å². The van der Waals surface area contributed by atoms with Crippen molar-refractivity contribution in [2.75, 3.05) is 26.4 Å². The van der Waals surface area contributed by atoms with Crippen LogP contribution >= 0.6 is 0 Å². The Bertz CT molecular complexity index is 414. The fourth-order valence-electron chi connectivity index (χ4n) is 3.96. The highest BCUT2D eigenvalue weighted by Gasteiger charge is 2.38. The molecule has 0 aromatic heterocycles. The molecule has 0 atom stereocenters. The largest absolute Gasteiger partial charge is 0.396 e. The SMILES string of the molecule is O=S(=O)(C1CCC(OCCCO)CC1)C1CCC(OCCCO)CC1. The number of hydrogen-bond acceptors (Lipinski definition) is 6. The summed E-state index contributed by atoms with van der Waals surface area (Å²) in [5, 5.41) is 17.1. The average Bonchev–Trinajstić information content (AvgIpc) is 2.63. The van der Waals surface area contributed by atoms with Gasteiger partial charge in [-0.25, -0.2) is 8.42 Å². The normalized spacial score (nSPS) is 31.1. The molecule has 6 nitrogen and oxygen atoms in total. The summed E-state index contributed by atoms with van der Waals surface area (Å²) in [7, 11) is -3.07. The van der Waals surface area contributed by atoms with E-state index in [0.29, 0.717) is 51.7 Å². The van der Waals surface area contributed by atoms with Crippen LogP contribution < -0.4 is 0 Å². The van der Waals surface area contributed by atoms with E-state index in [1.165, 1.54) is 0 Å². The molecule has 2 saturated carbocycles. The number of aliphatic hydroxyl groups excluding tert-OH is 2. The molecule has 0 aromatic rings. The third kappa shape index (κ3) is 6.47. The average molecular weight is 379 g/mol. The van der Waals surface area contributed by atoms with Gasteiger partial charge in [0.05, 0.1) is 22.7 Å². The van der Waals surface area contributed by atoms with E-state index in [0.717, 1.165) is 25.7 Å². The van der Waals surface area contributed by atoms with Gasteiger partial charge in [-0.3, -0.25) is 0 Å². The van der Waals surface area contributed by atoms with Crippen LogP contribution in [0, 0.1) is 0 Å². The predicted octanol–water partition coefficient (Wildman–Crippen LogP) is 1.82. The summed E-state index contributed by atoms with van der Waals surface area (Å²) in [6.45, 7) is 1.38. The Balaban J connectivity index is 1.73. The topological polar surface area (TPSA) is 93.1 Å². The zero-order valence-electron chi connectivity index (χ0n) is 15.1. The Kier molecular flexibility index (Phi) is 9.13. The number of sulfone groups is 1. The smallest absolute Gasteiger partial charge is 0.156 e. The fraction of sp³-hybridized carbons (Fsp3) is 1.00. The maximum atomic E-state index is 12.9. The van der Waals surface area contributed by atoms with Crippen molar-refractivity contribution in [3.05, 3.63) is 0 Å². The minimum Gasteiger partial charge on any atom is -0.396 e. The number of aliphatic hydroxyl groups is 2. The lowest BCUT2D eigenvalue weighted by Gasteiger charge is -2.34. The monoisotopic (exact) mass is 378 g/mol. The summed E-state index contributed by atoms with van der Waals surface area (Å²) in [6, 6.07) is 0. The molecule has 7 heteroatoms. The van der Waals surface area contributed by atoms with Crippen molar-refractivity contribution in [1.82, 2.24) is 0 Å². The lowest BCUT2D eigenvalue weighted by molar-refractivity contribution is 0.0204. The molecular formula is C18H34O6S. The zero-order chi connectivity index (χ0) is 18.1. The molecule has 2 fully saturated rings. The van der Waals surface area contributed by atoms with Gasteiger partial charge in [-0.05, 0) is 64.2 Å². The van der Waals surface area contributed by atoms with Crippen LogP contribution in [0.4, 0.5) is 0 Å². The van der Waals surface area contributed by atoms with Crippen LogP contribution in [0.1, 0.15) is 64.2 Å². The molecule has 0 amide bonds. The van der Waals surface area contributed by atoms with Gasteiger partial charge in [0.1, 0.15) is 0 Å². The van der Waals surface area contributed by atoms with E-state index in [1.54, 1.807) is 0 Å². The van der Waals surface area contributed by atoms with Crippen LogP contribution in [0.2, 0.25) is 0 Å². The Hall–Kier alpha value is -0.210. The molecule has 2 aliphatic carbocycles. The zero-order valence-corrected chi connectivity index (χ0v) is 16.0. The molecule has 0 spiro atoms. The van der Waals surface area contributed by atoms with Crippen molar-refractivity contribution in [1.29, 1.82) is 0 Å². The first-order valence-electron chi connectivity index (χ1n) is 9.75. The van der Waals surface area contributed by atoms with Gasteiger partial charge in [-0.2, -0.15) is 0 Å². The quantitative estimate of drug-likeness (QED) is 0.563. The highest BCUT2D eigenvalue weighted by Crippen LogP contribution is 2.34. The summed E-state index contributed by atoms with van der Waals surface area (Å²) in [5.41, 5.74) is 0. The van der Waals surface area contributed by atoms with Crippen molar-refractivity contribution in [2.45, 2.75) is 86.9 Å². The first kappa shape index (κ1) is 21.1. The summed E-state index contributed by atoms with van der Waals surface area (Å²) in [4.78, 5) is 0. The highest BCUT2D eigenvalue weighted by molar-refractivity contribution is 7.92. The van der Waals surface area contributed by atoms with E-state index >= 15 is 0 Å². The second-order valence-corrected chi connectivity index (χ2v) is 9.79. The first-order valence-corrected chi connectivity index (χ1v) is 11.4. The minimum atomic E-state index is -3.07. The molecule has 0 unspecified atom stereocenters. The molecule has 25 heavy (non-hydrogen) atoms. The van der Waals surface area contributed by atoms with Gasteiger partial charge in [-0.15, -0.1) is 0 Å². The summed E-state index contributed by atoms with van der Waals surface area (Å²) in [6.07, 6.45) is 7.55. The van der Waals surface area contributed by atoms with E-state index in [4.69, 9.17) is 19.7 Å². The first-order chi connectivity index (χ1) is 12.1. The van der Waals surface area contributed by atoms with Crippen LogP contribution in [0.5, 0.6) is 0 Å². The second kappa shape index (κ2) is 10.8. The highest BCUT2D eigenvalue weighted by atomic mass is 32.2. The molecule has 0 heterocycles. The van der Waals surface area contributed by atoms with Crippen molar-refractivity contribution in [3.8, 4) is 0 Å². The molecule has 0 aromatic carbocycles. The molecule has 0 saturated heterocycles. The van der Waals surface area contributed by atoms with Crippen molar-refractivity contribution >= 4 is 9.84 Å². The van der Waals surface area contributed by atoms with E-state index in [9.17, 15) is 8.42 Å². The lowest BCUT2D eigenvalue weighted by atomic mass is 9.96. The molecular weight excluding hydrogens is 344 g/mol. The van der Waals surface area contributed by atoms with E-state index in [2.05, 4.69) is 0 Å². The van der Waals surface area contributed by atoms with Crippen LogP contribution in [0.15, 0.2) is 0 Å². The van der Waals surface area contributed by atoms with E-state index in [1.807, 2.05) is 0 Å². The van der Waals surface area contributed by atoms with Crippen LogP contribution in [-0.4, -0.2) is 67.8 Å². The summed E-state index contributed by atoms with van der Waals surface area (Å²) >= 11 is 0. The van der Waals surface area contributed by atoms with E-state index in [-0.39, 0.29) is 35.9 Å². The molecule has 2 aliphatic rings. The summed E-state index contributed by atoms with van der Waals surface area (Å²) < 4.78 is 37.3. The second-order valence-electron chi connectivity index (χ2n) is 7.28. The van der Waals surface area contributed by atoms with Crippen LogP contribution in [0.3, 0.4) is 0 Å². The van der Waals surface area contributed by atoms with Gasteiger partial charge in [0, 0.05) is 26.4 Å². The molecule has 0 bridgehead atoms. The maximum absolute atomic E-state index is 12.9. The van der Waals surface area contributed by atoms with Gasteiger partial charge in [-0.1, -0.05) is 0 Å². The molecule has 0 radical (unpaired) electrons. The molecule has 148 valence electrons. The van der Waals surface area contributed by atoms with Gasteiger partial charge in [0.25, 0.3) is 0 Å². The fourth-order valence-corrected chi connectivity index (χ4v) is 6.36. The Morgan fingerprint density at radius 2 is 1.04 bits per heavy atom.